The first-order valence-electron chi connectivity index (χ1n) is 3.25. The van der Waals surface area contributed by atoms with Crippen molar-refractivity contribution in [2.45, 2.75) is 6.43 Å². The summed E-state index contributed by atoms with van der Waals surface area (Å²) in [4.78, 5) is 12.2. The lowest BCUT2D eigenvalue weighted by Gasteiger charge is -2.02. The SMILES string of the molecule is O=[N+]([O-])c1cc(O)c(Cl)nc1C(F)F. The van der Waals surface area contributed by atoms with E-state index in [1.54, 1.807) is 0 Å². The van der Waals surface area contributed by atoms with Crippen molar-refractivity contribution in [1.29, 1.82) is 0 Å². The maximum atomic E-state index is 12.2. The van der Waals surface area contributed by atoms with Gasteiger partial charge in [0, 0.05) is 0 Å². The monoisotopic (exact) mass is 224 g/mol. The maximum absolute atomic E-state index is 12.2. The highest BCUT2D eigenvalue weighted by Gasteiger charge is 2.25. The second kappa shape index (κ2) is 3.70. The molecule has 0 saturated heterocycles. The number of nitrogens with zero attached hydrogens (tertiary/aromatic N) is 2. The Labute approximate surface area is 81.1 Å². The number of halogens is 3. The fraction of sp³-hybridized carbons (Fsp3) is 0.167. The van der Waals surface area contributed by atoms with Crippen molar-refractivity contribution in [3.05, 3.63) is 27.0 Å². The minimum absolute atomic E-state index is 0.539. The average molecular weight is 225 g/mol. The van der Waals surface area contributed by atoms with Crippen molar-refractivity contribution in [1.82, 2.24) is 4.98 Å². The molecule has 0 amide bonds. The van der Waals surface area contributed by atoms with Crippen LogP contribution in [0.3, 0.4) is 0 Å². The fourth-order valence-electron chi connectivity index (χ4n) is 0.790. The highest BCUT2D eigenvalue weighted by Crippen LogP contribution is 2.33. The van der Waals surface area contributed by atoms with Gasteiger partial charge < -0.3 is 5.11 Å². The average Bonchev–Trinajstić information content (AvgIpc) is 2.08. The molecule has 0 unspecified atom stereocenters. The van der Waals surface area contributed by atoms with Crippen LogP contribution in [0, 0.1) is 10.1 Å². The molecular weight excluding hydrogens is 222 g/mol. The molecule has 1 aromatic rings. The number of alkyl halides is 2. The highest BCUT2D eigenvalue weighted by molar-refractivity contribution is 6.30. The molecule has 8 heteroatoms. The molecule has 0 bridgehead atoms. The van der Waals surface area contributed by atoms with Gasteiger partial charge in [0.2, 0.25) is 0 Å². The molecule has 0 spiro atoms. The van der Waals surface area contributed by atoms with Gasteiger partial charge in [0.15, 0.2) is 16.6 Å². The van der Waals surface area contributed by atoms with Crippen molar-refractivity contribution in [3.63, 3.8) is 0 Å². The number of aromatic hydroxyl groups is 1. The summed E-state index contributed by atoms with van der Waals surface area (Å²) in [6.07, 6.45) is -3.12. The Morgan fingerprint density at radius 1 is 1.64 bits per heavy atom. The van der Waals surface area contributed by atoms with E-state index in [-0.39, 0.29) is 0 Å². The van der Waals surface area contributed by atoms with E-state index in [2.05, 4.69) is 4.98 Å². The molecule has 14 heavy (non-hydrogen) atoms. The van der Waals surface area contributed by atoms with Crippen molar-refractivity contribution >= 4 is 17.3 Å². The zero-order chi connectivity index (χ0) is 10.9. The summed E-state index contributed by atoms with van der Waals surface area (Å²) >= 11 is 5.22. The van der Waals surface area contributed by atoms with Crippen LogP contribution in [0.2, 0.25) is 5.15 Å². The van der Waals surface area contributed by atoms with Gasteiger partial charge in [-0.15, -0.1) is 0 Å². The van der Waals surface area contributed by atoms with Gasteiger partial charge in [0.25, 0.3) is 12.1 Å². The molecule has 0 aliphatic carbocycles. The second-order valence-corrected chi connectivity index (χ2v) is 2.62. The molecule has 0 radical (unpaired) electrons. The largest absolute Gasteiger partial charge is 0.505 e. The number of hydrogen-bond acceptors (Lipinski definition) is 4. The van der Waals surface area contributed by atoms with Gasteiger partial charge in [-0.05, 0) is 0 Å². The normalized spacial score (nSPS) is 10.6. The number of hydrogen-bond donors (Lipinski definition) is 1. The van der Waals surface area contributed by atoms with E-state index in [1.807, 2.05) is 0 Å². The van der Waals surface area contributed by atoms with E-state index in [0.717, 1.165) is 0 Å². The van der Waals surface area contributed by atoms with Crippen LogP contribution in [0.5, 0.6) is 5.75 Å². The molecule has 0 aliphatic heterocycles. The second-order valence-electron chi connectivity index (χ2n) is 2.26. The molecule has 0 saturated carbocycles. The van der Waals surface area contributed by atoms with E-state index in [9.17, 15) is 18.9 Å². The molecule has 0 fully saturated rings. The van der Waals surface area contributed by atoms with Crippen molar-refractivity contribution < 1.29 is 18.8 Å². The Balaban J connectivity index is 3.39. The maximum Gasteiger partial charge on any atom is 0.300 e. The lowest BCUT2D eigenvalue weighted by molar-refractivity contribution is -0.386. The van der Waals surface area contributed by atoms with Crippen LogP contribution in [0.25, 0.3) is 0 Å². The predicted molar refractivity (Wildman–Crippen MR) is 42.5 cm³/mol. The Morgan fingerprint density at radius 3 is 2.64 bits per heavy atom. The minimum atomic E-state index is -3.12. The minimum Gasteiger partial charge on any atom is -0.505 e. The first-order valence-corrected chi connectivity index (χ1v) is 3.63. The smallest absolute Gasteiger partial charge is 0.300 e. The number of rotatable bonds is 2. The summed E-state index contributed by atoms with van der Waals surface area (Å²) in [5.41, 5.74) is -2.01. The summed E-state index contributed by atoms with van der Waals surface area (Å²) in [6, 6.07) is 0.539. The van der Waals surface area contributed by atoms with Gasteiger partial charge in [-0.3, -0.25) is 10.1 Å². The first kappa shape index (κ1) is 10.6. The molecule has 1 heterocycles. The molecule has 1 rings (SSSR count). The molecule has 0 aliphatic rings. The topological polar surface area (TPSA) is 76.3 Å². The number of pyridine rings is 1. The van der Waals surface area contributed by atoms with Crippen LogP contribution in [-0.2, 0) is 0 Å². The molecule has 1 N–H and O–H groups in total. The summed E-state index contributed by atoms with van der Waals surface area (Å²) in [6.45, 7) is 0. The summed E-state index contributed by atoms with van der Waals surface area (Å²) in [5, 5.41) is 18.6. The third-order valence-corrected chi connectivity index (χ3v) is 1.65. The van der Waals surface area contributed by atoms with E-state index in [0.29, 0.717) is 6.07 Å². The van der Waals surface area contributed by atoms with Crippen LogP contribution >= 0.6 is 11.6 Å². The predicted octanol–water partition coefficient (Wildman–Crippen LogP) is 2.29. The summed E-state index contributed by atoms with van der Waals surface area (Å²) in [7, 11) is 0. The van der Waals surface area contributed by atoms with Gasteiger partial charge in [-0.2, -0.15) is 0 Å². The first-order chi connectivity index (χ1) is 6.43. The van der Waals surface area contributed by atoms with Crippen molar-refractivity contribution in [2.24, 2.45) is 0 Å². The van der Waals surface area contributed by atoms with Crippen LogP contribution in [-0.4, -0.2) is 15.0 Å². The standard InChI is InChI=1S/C6H3ClF2N2O3/c7-5-3(12)1-2(11(13)14)4(10-5)6(8)9/h1,6,12H. The van der Waals surface area contributed by atoms with Gasteiger partial charge in [-0.1, -0.05) is 11.6 Å². The third kappa shape index (κ3) is 1.87. The lowest BCUT2D eigenvalue weighted by atomic mass is 10.3. The third-order valence-electron chi connectivity index (χ3n) is 1.37. The highest BCUT2D eigenvalue weighted by atomic mass is 35.5. The zero-order valence-electron chi connectivity index (χ0n) is 6.45. The summed E-state index contributed by atoms with van der Waals surface area (Å²) < 4.78 is 24.4. The van der Waals surface area contributed by atoms with Gasteiger partial charge in [-0.25, -0.2) is 13.8 Å². The summed E-state index contributed by atoms with van der Waals surface area (Å²) in [5.74, 6) is -0.706. The van der Waals surface area contributed by atoms with Crippen LogP contribution in [0.4, 0.5) is 14.5 Å². The molecule has 1 aromatic heterocycles. The zero-order valence-corrected chi connectivity index (χ0v) is 7.20. The van der Waals surface area contributed by atoms with Gasteiger partial charge in [0.1, 0.15) is 0 Å². The number of nitro groups is 1. The molecule has 0 aromatic carbocycles. The van der Waals surface area contributed by atoms with Crippen LogP contribution in [0.1, 0.15) is 12.1 Å². The molecule has 76 valence electrons. The van der Waals surface area contributed by atoms with E-state index in [4.69, 9.17) is 16.7 Å². The van der Waals surface area contributed by atoms with E-state index >= 15 is 0 Å². The van der Waals surface area contributed by atoms with Crippen LogP contribution in [0.15, 0.2) is 6.07 Å². The van der Waals surface area contributed by atoms with Crippen molar-refractivity contribution in [2.75, 3.05) is 0 Å². The Morgan fingerprint density at radius 2 is 2.21 bits per heavy atom. The molecule has 0 atom stereocenters. The molecular formula is C6H3ClF2N2O3. The van der Waals surface area contributed by atoms with Crippen LogP contribution < -0.4 is 0 Å². The van der Waals surface area contributed by atoms with E-state index < -0.39 is 33.6 Å². The number of aromatic nitrogens is 1. The van der Waals surface area contributed by atoms with Gasteiger partial charge in [0.05, 0.1) is 11.0 Å². The van der Waals surface area contributed by atoms with E-state index in [1.165, 1.54) is 0 Å². The van der Waals surface area contributed by atoms with Crippen molar-refractivity contribution in [3.8, 4) is 5.75 Å². The Kier molecular flexibility index (Phi) is 2.80. The Bertz CT molecular complexity index is 386. The fourth-order valence-corrected chi connectivity index (χ4v) is 0.936. The van der Waals surface area contributed by atoms with Gasteiger partial charge >= 0.3 is 0 Å². The Hall–Kier alpha value is -1.50. The quantitative estimate of drug-likeness (QED) is 0.475. The lowest BCUT2D eigenvalue weighted by Crippen LogP contribution is -1.99. The molecule has 5 nitrogen and oxygen atoms in total.